The van der Waals surface area contributed by atoms with E-state index in [1.54, 1.807) is 14.2 Å². The van der Waals surface area contributed by atoms with Gasteiger partial charge in [0.1, 0.15) is 11.6 Å². The summed E-state index contributed by atoms with van der Waals surface area (Å²) in [6.45, 7) is 4.52. The normalized spacial score (nSPS) is 10.3. The van der Waals surface area contributed by atoms with Gasteiger partial charge in [-0.25, -0.2) is 4.98 Å². The molecule has 0 spiro atoms. The third-order valence-electron chi connectivity index (χ3n) is 3.93. The van der Waals surface area contributed by atoms with E-state index in [0.29, 0.717) is 29.9 Å². The van der Waals surface area contributed by atoms with Gasteiger partial charge >= 0.3 is 0 Å². The van der Waals surface area contributed by atoms with Crippen LogP contribution in [0, 0.1) is 6.92 Å². The van der Waals surface area contributed by atoms with Crippen LogP contribution in [-0.4, -0.2) is 30.8 Å². The summed E-state index contributed by atoms with van der Waals surface area (Å²) < 4.78 is 16.1. The van der Waals surface area contributed by atoms with E-state index < -0.39 is 0 Å². The molecule has 0 saturated heterocycles. The van der Waals surface area contributed by atoms with E-state index in [0.717, 1.165) is 22.8 Å². The van der Waals surface area contributed by atoms with Crippen LogP contribution in [0.15, 0.2) is 48.5 Å². The Morgan fingerprint density at radius 3 is 2.21 bits per heavy atom. The van der Waals surface area contributed by atoms with Gasteiger partial charge in [0.25, 0.3) is 0 Å². The molecule has 0 aliphatic carbocycles. The molecule has 0 fully saturated rings. The number of hydrogen-bond donors (Lipinski definition) is 2. The molecule has 0 saturated carbocycles. The maximum atomic E-state index is 5.47. The Balaban J connectivity index is 1.77. The Kier molecular flexibility index (Phi) is 6.16. The van der Waals surface area contributed by atoms with Crippen LogP contribution in [0.3, 0.4) is 0 Å². The SMILES string of the molecule is CCOc1ccc(Nc2cc(C)nc(Nc3ccc(OC)c(OC)c3)n2)cc1. The summed E-state index contributed by atoms with van der Waals surface area (Å²) in [6.07, 6.45) is 0. The fraction of sp³-hybridized carbons (Fsp3) is 0.238. The van der Waals surface area contributed by atoms with E-state index in [2.05, 4.69) is 20.6 Å². The minimum absolute atomic E-state index is 0.487. The molecule has 7 nitrogen and oxygen atoms in total. The minimum Gasteiger partial charge on any atom is -0.494 e. The Hall–Kier alpha value is -3.48. The zero-order chi connectivity index (χ0) is 19.9. The van der Waals surface area contributed by atoms with Gasteiger partial charge in [0.2, 0.25) is 5.95 Å². The Labute approximate surface area is 164 Å². The van der Waals surface area contributed by atoms with Crippen molar-refractivity contribution in [2.24, 2.45) is 0 Å². The highest BCUT2D eigenvalue weighted by molar-refractivity contribution is 5.63. The topological polar surface area (TPSA) is 77.5 Å². The van der Waals surface area contributed by atoms with Crippen molar-refractivity contribution in [2.75, 3.05) is 31.5 Å². The quantitative estimate of drug-likeness (QED) is 0.587. The highest BCUT2D eigenvalue weighted by atomic mass is 16.5. The zero-order valence-corrected chi connectivity index (χ0v) is 16.4. The molecule has 0 atom stereocenters. The lowest BCUT2D eigenvalue weighted by molar-refractivity contribution is 0.340. The van der Waals surface area contributed by atoms with Crippen molar-refractivity contribution in [1.82, 2.24) is 9.97 Å². The number of hydrogen-bond acceptors (Lipinski definition) is 7. The van der Waals surface area contributed by atoms with Crippen molar-refractivity contribution in [3.63, 3.8) is 0 Å². The van der Waals surface area contributed by atoms with Crippen LogP contribution in [0.4, 0.5) is 23.1 Å². The fourth-order valence-corrected chi connectivity index (χ4v) is 2.68. The van der Waals surface area contributed by atoms with Crippen molar-refractivity contribution in [3.05, 3.63) is 54.2 Å². The number of methoxy groups -OCH3 is 2. The first-order chi connectivity index (χ1) is 13.6. The number of aromatic nitrogens is 2. The van der Waals surface area contributed by atoms with Crippen molar-refractivity contribution >= 4 is 23.1 Å². The standard InChI is InChI=1S/C21H24N4O3/c1-5-28-17-9-6-15(7-10-17)23-20-12-14(2)22-21(25-20)24-16-8-11-18(26-3)19(13-16)27-4/h6-13H,5H2,1-4H3,(H2,22,23,24,25). The number of nitrogens with one attached hydrogen (secondary N) is 2. The maximum absolute atomic E-state index is 5.47. The summed E-state index contributed by atoms with van der Waals surface area (Å²) in [5.74, 6) is 3.31. The number of anilines is 4. The first-order valence-electron chi connectivity index (χ1n) is 8.96. The molecule has 3 rings (SSSR count). The third kappa shape index (κ3) is 4.82. The van der Waals surface area contributed by atoms with E-state index >= 15 is 0 Å². The average molecular weight is 380 g/mol. The molecule has 28 heavy (non-hydrogen) atoms. The van der Waals surface area contributed by atoms with Crippen LogP contribution < -0.4 is 24.8 Å². The predicted octanol–water partition coefficient (Wildman–Crippen LogP) is 4.69. The van der Waals surface area contributed by atoms with Crippen LogP contribution in [0.1, 0.15) is 12.6 Å². The lowest BCUT2D eigenvalue weighted by atomic mass is 10.2. The highest BCUT2D eigenvalue weighted by Crippen LogP contribution is 2.31. The van der Waals surface area contributed by atoms with Crippen molar-refractivity contribution in [2.45, 2.75) is 13.8 Å². The second-order valence-electron chi connectivity index (χ2n) is 6.00. The van der Waals surface area contributed by atoms with Crippen molar-refractivity contribution in [1.29, 1.82) is 0 Å². The summed E-state index contributed by atoms with van der Waals surface area (Å²) >= 11 is 0. The molecule has 0 aliphatic heterocycles. The molecule has 3 aromatic rings. The van der Waals surface area contributed by atoms with Gasteiger partial charge in [0, 0.05) is 29.2 Å². The van der Waals surface area contributed by atoms with Crippen LogP contribution in [0.25, 0.3) is 0 Å². The van der Waals surface area contributed by atoms with Crippen LogP contribution in [0.5, 0.6) is 17.2 Å². The van der Waals surface area contributed by atoms with Gasteiger partial charge < -0.3 is 24.8 Å². The maximum Gasteiger partial charge on any atom is 0.229 e. The molecule has 0 bridgehead atoms. The first kappa shape index (κ1) is 19.3. The molecule has 0 aliphatic rings. The Bertz CT molecular complexity index is 929. The van der Waals surface area contributed by atoms with E-state index in [9.17, 15) is 0 Å². The van der Waals surface area contributed by atoms with Crippen LogP contribution in [-0.2, 0) is 0 Å². The summed E-state index contributed by atoms with van der Waals surface area (Å²) in [4.78, 5) is 9.00. The predicted molar refractivity (Wildman–Crippen MR) is 110 cm³/mol. The summed E-state index contributed by atoms with van der Waals surface area (Å²) in [5.41, 5.74) is 2.56. The lowest BCUT2D eigenvalue weighted by Crippen LogP contribution is -2.03. The Morgan fingerprint density at radius 1 is 0.821 bits per heavy atom. The van der Waals surface area contributed by atoms with E-state index in [4.69, 9.17) is 14.2 Å². The Morgan fingerprint density at radius 2 is 1.54 bits per heavy atom. The largest absolute Gasteiger partial charge is 0.494 e. The van der Waals surface area contributed by atoms with E-state index in [1.165, 1.54) is 0 Å². The van der Waals surface area contributed by atoms with E-state index in [1.807, 2.05) is 62.4 Å². The van der Waals surface area contributed by atoms with Gasteiger partial charge in [-0.1, -0.05) is 0 Å². The number of benzene rings is 2. The van der Waals surface area contributed by atoms with Crippen molar-refractivity contribution in [3.8, 4) is 17.2 Å². The van der Waals surface area contributed by atoms with Gasteiger partial charge in [-0.3, -0.25) is 0 Å². The third-order valence-corrected chi connectivity index (χ3v) is 3.93. The average Bonchev–Trinajstić information content (AvgIpc) is 2.69. The molecule has 1 heterocycles. The minimum atomic E-state index is 0.487. The highest BCUT2D eigenvalue weighted by Gasteiger charge is 2.08. The zero-order valence-electron chi connectivity index (χ0n) is 16.4. The second-order valence-corrected chi connectivity index (χ2v) is 6.00. The molecule has 0 unspecified atom stereocenters. The van der Waals surface area contributed by atoms with E-state index in [-0.39, 0.29) is 0 Å². The number of nitrogens with zero attached hydrogens (tertiary/aromatic N) is 2. The molecule has 0 amide bonds. The summed E-state index contributed by atoms with van der Waals surface area (Å²) in [5, 5.41) is 6.49. The molecule has 2 N–H and O–H groups in total. The van der Waals surface area contributed by atoms with Crippen LogP contribution >= 0.6 is 0 Å². The summed E-state index contributed by atoms with van der Waals surface area (Å²) in [7, 11) is 3.21. The molecular formula is C21H24N4O3. The van der Waals surface area contributed by atoms with Gasteiger partial charge in [-0.15, -0.1) is 0 Å². The number of ether oxygens (including phenoxy) is 3. The van der Waals surface area contributed by atoms with Gasteiger partial charge in [0.15, 0.2) is 11.5 Å². The molecule has 7 heteroatoms. The van der Waals surface area contributed by atoms with Gasteiger partial charge in [0.05, 0.1) is 20.8 Å². The molecular weight excluding hydrogens is 356 g/mol. The van der Waals surface area contributed by atoms with Gasteiger partial charge in [-0.2, -0.15) is 4.98 Å². The second kappa shape index (κ2) is 8.94. The number of aryl methyl sites for hydroxylation is 1. The lowest BCUT2D eigenvalue weighted by Gasteiger charge is -2.12. The van der Waals surface area contributed by atoms with Gasteiger partial charge in [-0.05, 0) is 50.2 Å². The molecule has 1 aromatic heterocycles. The first-order valence-corrected chi connectivity index (χ1v) is 8.96. The fourth-order valence-electron chi connectivity index (χ4n) is 2.68. The van der Waals surface area contributed by atoms with Crippen molar-refractivity contribution < 1.29 is 14.2 Å². The molecule has 2 aromatic carbocycles. The molecule has 0 radical (unpaired) electrons. The van der Waals surface area contributed by atoms with Crippen LogP contribution in [0.2, 0.25) is 0 Å². The monoisotopic (exact) mass is 380 g/mol. The smallest absolute Gasteiger partial charge is 0.229 e. The number of rotatable bonds is 8. The molecule has 146 valence electrons. The summed E-state index contributed by atoms with van der Waals surface area (Å²) in [6, 6.07) is 15.2.